The van der Waals surface area contributed by atoms with Crippen molar-refractivity contribution in [1.82, 2.24) is 0 Å². The Balaban J connectivity index is 1.67. The largest absolute Gasteiger partial charge is 0.471 e. The first-order chi connectivity index (χ1) is 10.9. The number of nitrogens with zero attached hydrogens (tertiary/aromatic N) is 1. The second-order valence-electron chi connectivity index (χ2n) is 5.48. The second-order valence-corrected chi connectivity index (χ2v) is 5.48. The number of ether oxygens (including phenoxy) is 2. The first-order valence-corrected chi connectivity index (χ1v) is 7.68. The lowest BCUT2D eigenvalue weighted by Gasteiger charge is -2.17. The molecule has 22 heavy (non-hydrogen) atoms. The van der Waals surface area contributed by atoms with Gasteiger partial charge in [-0.1, -0.05) is 60.7 Å². The van der Waals surface area contributed by atoms with Crippen molar-refractivity contribution in [3.8, 4) is 0 Å². The van der Waals surface area contributed by atoms with Crippen LogP contribution >= 0.6 is 0 Å². The summed E-state index contributed by atoms with van der Waals surface area (Å²) in [6.45, 7) is 0.578. The smallest absolute Gasteiger partial charge is 0.184 e. The average Bonchev–Trinajstić information content (AvgIpc) is 2.98. The van der Waals surface area contributed by atoms with Crippen LogP contribution in [-0.4, -0.2) is 25.7 Å². The molecule has 0 aliphatic carbocycles. The highest BCUT2D eigenvalue weighted by Gasteiger charge is 2.31. The van der Waals surface area contributed by atoms with Crippen LogP contribution in [0, 0.1) is 0 Å². The van der Waals surface area contributed by atoms with Crippen molar-refractivity contribution >= 4 is 5.90 Å². The summed E-state index contributed by atoms with van der Waals surface area (Å²) in [6.07, 6.45) is 1.74. The molecule has 3 rings (SSSR count). The molecule has 114 valence electrons. The van der Waals surface area contributed by atoms with Gasteiger partial charge in [-0.05, 0) is 17.5 Å². The van der Waals surface area contributed by atoms with E-state index < -0.39 is 0 Å². The summed E-state index contributed by atoms with van der Waals surface area (Å²) < 4.78 is 11.4. The molecular weight excluding hydrogens is 274 g/mol. The molecule has 0 spiro atoms. The Morgan fingerprint density at radius 2 is 1.64 bits per heavy atom. The maximum atomic E-state index is 6.10. The zero-order valence-corrected chi connectivity index (χ0v) is 12.8. The van der Waals surface area contributed by atoms with E-state index in [-0.39, 0.29) is 12.1 Å². The van der Waals surface area contributed by atoms with Gasteiger partial charge in [0.15, 0.2) is 5.90 Å². The van der Waals surface area contributed by atoms with E-state index in [2.05, 4.69) is 36.4 Å². The van der Waals surface area contributed by atoms with Crippen LogP contribution in [0.2, 0.25) is 0 Å². The van der Waals surface area contributed by atoms with Crippen LogP contribution in [0.3, 0.4) is 0 Å². The van der Waals surface area contributed by atoms with Gasteiger partial charge in [-0.2, -0.15) is 0 Å². The lowest BCUT2D eigenvalue weighted by atomic mass is 10.0. The van der Waals surface area contributed by atoms with Gasteiger partial charge in [-0.15, -0.1) is 0 Å². The van der Waals surface area contributed by atoms with E-state index in [0.717, 1.165) is 24.3 Å². The summed E-state index contributed by atoms with van der Waals surface area (Å²) in [4.78, 5) is 4.72. The Morgan fingerprint density at radius 1 is 0.955 bits per heavy atom. The first-order valence-electron chi connectivity index (χ1n) is 7.68. The molecular formula is C19H21NO2. The van der Waals surface area contributed by atoms with Crippen LogP contribution in [0.1, 0.15) is 23.7 Å². The summed E-state index contributed by atoms with van der Waals surface area (Å²) in [6, 6.07) is 20.7. The minimum atomic E-state index is -0.0353. The van der Waals surface area contributed by atoms with E-state index in [1.54, 1.807) is 7.11 Å². The number of benzene rings is 2. The highest BCUT2D eigenvalue weighted by atomic mass is 16.5. The van der Waals surface area contributed by atoms with E-state index in [0.29, 0.717) is 6.61 Å². The normalized spacial score (nSPS) is 20.5. The molecule has 0 saturated carbocycles. The summed E-state index contributed by atoms with van der Waals surface area (Å²) in [7, 11) is 1.71. The van der Waals surface area contributed by atoms with Crippen molar-refractivity contribution in [3.63, 3.8) is 0 Å². The molecule has 0 N–H and O–H groups in total. The Kier molecular flexibility index (Phi) is 4.86. The number of hydrogen-bond acceptors (Lipinski definition) is 3. The Hall–Kier alpha value is -2.13. The fourth-order valence-corrected chi connectivity index (χ4v) is 2.76. The SMILES string of the molecule is COC[C@@H]1N=C(CCc2ccccc2)O[C@H]1c1ccccc1. The standard InChI is InChI=1S/C19H21NO2/c1-21-14-17-19(16-10-6-3-7-11-16)22-18(20-17)13-12-15-8-4-2-5-9-15/h2-11,17,19H,12-14H2,1H3/t17-,19-/m0/s1. The third-order valence-electron chi connectivity index (χ3n) is 3.86. The maximum Gasteiger partial charge on any atom is 0.184 e. The van der Waals surface area contributed by atoms with Crippen molar-refractivity contribution in [2.75, 3.05) is 13.7 Å². The second kappa shape index (κ2) is 7.23. The van der Waals surface area contributed by atoms with Gasteiger partial charge < -0.3 is 9.47 Å². The molecule has 2 aromatic carbocycles. The van der Waals surface area contributed by atoms with E-state index in [1.165, 1.54) is 5.56 Å². The monoisotopic (exact) mass is 295 g/mol. The van der Waals surface area contributed by atoms with Gasteiger partial charge in [0, 0.05) is 13.5 Å². The van der Waals surface area contributed by atoms with Crippen molar-refractivity contribution in [1.29, 1.82) is 0 Å². The van der Waals surface area contributed by atoms with Gasteiger partial charge in [-0.3, -0.25) is 0 Å². The Labute approximate surface area is 131 Å². The van der Waals surface area contributed by atoms with Crippen molar-refractivity contribution in [2.24, 2.45) is 4.99 Å². The third-order valence-corrected chi connectivity index (χ3v) is 3.86. The predicted octanol–water partition coefficient (Wildman–Crippen LogP) is 3.80. The van der Waals surface area contributed by atoms with Crippen molar-refractivity contribution in [2.45, 2.75) is 25.0 Å². The van der Waals surface area contributed by atoms with Gasteiger partial charge in [0.25, 0.3) is 0 Å². The van der Waals surface area contributed by atoms with Crippen LogP contribution < -0.4 is 0 Å². The molecule has 3 nitrogen and oxygen atoms in total. The minimum Gasteiger partial charge on any atom is -0.471 e. The van der Waals surface area contributed by atoms with E-state index in [9.17, 15) is 0 Å². The summed E-state index contributed by atoms with van der Waals surface area (Å²) in [5.41, 5.74) is 2.46. The van der Waals surface area contributed by atoms with Gasteiger partial charge in [0.1, 0.15) is 12.1 Å². The lowest BCUT2D eigenvalue weighted by Crippen LogP contribution is -2.19. The van der Waals surface area contributed by atoms with Gasteiger partial charge >= 0.3 is 0 Å². The molecule has 0 radical (unpaired) electrons. The highest BCUT2D eigenvalue weighted by molar-refractivity contribution is 5.78. The van der Waals surface area contributed by atoms with Gasteiger partial charge in [0.2, 0.25) is 0 Å². The topological polar surface area (TPSA) is 30.8 Å². The van der Waals surface area contributed by atoms with Crippen LogP contribution in [0.25, 0.3) is 0 Å². The quantitative estimate of drug-likeness (QED) is 0.811. The van der Waals surface area contributed by atoms with Crippen LogP contribution in [-0.2, 0) is 15.9 Å². The zero-order chi connectivity index (χ0) is 15.2. The molecule has 2 aromatic rings. The fourth-order valence-electron chi connectivity index (χ4n) is 2.76. The number of methoxy groups -OCH3 is 1. The Bertz CT molecular complexity index is 610. The molecule has 0 saturated heterocycles. The molecule has 1 aliphatic heterocycles. The predicted molar refractivity (Wildman–Crippen MR) is 88.1 cm³/mol. The molecule has 0 unspecified atom stereocenters. The van der Waals surface area contributed by atoms with Gasteiger partial charge in [0.05, 0.1) is 6.61 Å². The molecule has 1 heterocycles. The van der Waals surface area contributed by atoms with Crippen LogP contribution in [0.5, 0.6) is 0 Å². The molecule has 2 atom stereocenters. The van der Waals surface area contributed by atoms with Crippen LogP contribution in [0.15, 0.2) is 65.7 Å². The number of rotatable bonds is 6. The Morgan fingerprint density at radius 3 is 2.32 bits per heavy atom. The molecule has 3 heteroatoms. The number of aryl methyl sites for hydroxylation is 1. The molecule has 0 amide bonds. The number of hydrogen-bond donors (Lipinski definition) is 0. The van der Waals surface area contributed by atoms with E-state index >= 15 is 0 Å². The molecule has 1 aliphatic rings. The van der Waals surface area contributed by atoms with Crippen LogP contribution in [0.4, 0.5) is 0 Å². The fraction of sp³-hybridized carbons (Fsp3) is 0.316. The number of aliphatic imine (C=N–C) groups is 1. The zero-order valence-electron chi connectivity index (χ0n) is 12.8. The third kappa shape index (κ3) is 3.55. The molecule has 0 bridgehead atoms. The minimum absolute atomic E-state index is 0.0353. The molecule has 0 fully saturated rings. The van der Waals surface area contributed by atoms with E-state index in [4.69, 9.17) is 14.5 Å². The summed E-state index contributed by atoms with van der Waals surface area (Å²) in [5, 5.41) is 0. The first kappa shape index (κ1) is 14.8. The molecule has 0 aromatic heterocycles. The summed E-state index contributed by atoms with van der Waals surface area (Å²) in [5.74, 6) is 0.833. The van der Waals surface area contributed by atoms with Crippen molar-refractivity contribution < 1.29 is 9.47 Å². The average molecular weight is 295 g/mol. The summed E-state index contributed by atoms with van der Waals surface area (Å²) >= 11 is 0. The van der Waals surface area contributed by atoms with Gasteiger partial charge in [-0.25, -0.2) is 4.99 Å². The van der Waals surface area contributed by atoms with Crippen molar-refractivity contribution in [3.05, 3.63) is 71.8 Å². The van der Waals surface area contributed by atoms with E-state index in [1.807, 2.05) is 24.3 Å². The lowest BCUT2D eigenvalue weighted by molar-refractivity contribution is 0.119. The highest BCUT2D eigenvalue weighted by Crippen LogP contribution is 2.30. The maximum absolute atomic E-state index is 6.10.